The van der Waals surface area contributed by atoms with Crippen LogP contribution in [0, 0.1) is 12.8 Å². The van der Waals surface area contributed by atoms with Gasteiger partial charge in [0.05, 0.1) is 6.54 Å². The molecule has 0 atom stereocenters. The minimum Gasteiger partial charge on any atom is -0.370 e. The van der Waals surface area contributed by atoms with Crippen LogP contribution >= 0.6 is 0 Å². The standard InChI is InChI=1S/C17H26N4O/c1-13-5-4-8-15(11-13)21-17(18)20-10-9-19-16(22)12-14-6-2-3-7-14/h4-5,8,11,14H,2-3,6-7,9-10,12H2,1H3,(H,19,22)(H3,18,20,21). The van der Waals surface area contributed by atoms with Gasteiger partial charge < -0.3 is 16.4 Å². The van der Waals surface area contributed by atoms with Crippen LogP contribution in [0.5, 0.6) is 0 Å². The molecule has 22 heavy (non-hydrogen) atoms. The van der Waals surface area contributed by atoms with Gasteiger partial charge >= 0.3 is 0 Å². The van der Waals surface area contributed by atoms with E-state index < -0.39 is 0 Å². The number of aliphatic imine (C=N–C) groups is 1. The van der Waals surface area contributed by atoms with Crippen LogP contribution in [0.2, 0.25) is 0 Å². The molecule has 0 heterocycles. The zero-order chi connectivity index (χ0) is 15.8. The predicted octanol–water partition coefficient (Wildman–Crippen LogP) is 2.42. The van der Waals surface area contributed by atoms with E-state index in [4.69, 9.17) is 5.73 Å². The Kier molecular flexibility index (Phi) is 6.25. The molecule has 120 valence electrons. The van der Waals surface area contributed by atoms with E-state index >= 15 is 0 Å². The Balaban J connectivity index is 1.64. The maximum absolute atomic E-state index is 11.8. The van der Waals surface area contributed by atoms with Crippen molar-refractivity contribution in [1.29, 1.82) is 0 Å². The van der Waals surface area contributed by atoms with Crippen molar-refractivity contribution < 1.29 is 4.79 Å². The minimum absolute atomic E-state index is 0.132. The molecule has 0 spiro atoms. The summed E-state index contributed by atoms with van der Waals surface area (Å²) in [5.74, 6) is 1.08. The normalized spacial score (nSPS) is 15.8. The maximum Gasteiger partial charge on any atom is 0.220 e. The van der Waals surface area contributed by atoms with Crippen molar-refractivity contribution in [2.75, 3.05) is 18.4 Å². The number of hydrogen-bond acceptors (Lipinski definition) is 2. The van der Waals surface area contributed by atoms with Gasteiger partial charge in [-0.3, -0.25) is 9.79 Å². The molecule has 0 saturated heterocycles. The van der Waals surface area contributed by atoms with Gasteiger partial charge in [0.1, 0.15) is 0 Å². The number of nitrogens with zero attached hydrogens (tertiary/aromatic N) is 1. The molecule has 0 aliphatic heterocycles. The lowest BCUT2D eigenvalue weighted by Gasteiger charge is -2.09. The second-order valence-electron chi connectivity index (χ2n) is 5.97. The fourth-order valence-electron chi connectivity index (χ4n) is 2.83. The van der Waals surface area contributed by atoms with E-state index in [0.717, 1.165) is 11.3 Å². The number of amides is 1. The van der Waals surface area contributed by atoms with Gasteiger partial charge in [-0.2, -0.15) is 0 Å². The minimum atomic E-state index is 0.132. The fraction of sp³-hybridized carbons (Fsp3) is 0.529. The van der Waals surface area contributed by atoms with Crippen molar-refractivity contribution >= 4 is 17.6 Å². The van der Waals surface area contributed by atoms with E-state index in [0.29, 0.717) is 31.4 Å². The molecular weight excluding hydrogens is 276 g/mol. The second kappa shape index (κ2) is 8.41. The van der Waals surface area contributed by atoms with Gasteiger partial charge in [0, 0.05) is 18.7 Å². The topological polar surface area (TPSA) is 79.5 Å². The van der Waals surface area contributed by atoms with Gasteiger partial charge in [-0.1, -0.05) is 25.0 Å². The molecule has 0 aromatic heterocycles. The van der Waals surface area contributed by atoms with Crippen LogP contribution in [-0.4, -0.2) is 25.0 Å². The third-order valence-corrected chi connectivity index (χ3v) is 3.96. The van der Waals surface area contributed by atoms with E-state index in [1.165, 1.54) is 25.7 Å². The molecule has 1 aromatic carbocycles. The van der Waals surface area contributed by atoms with Crippen LogP contribution in [0.25, 0.3) is 0 Å². The molecule has 4 N–H and O–H groups in total. The molecule has 1 aliphatic rings. The summed E-state index contributed by atoms with van der Waals surface area (Å²) < 4.78 is 0. The second-order valence-corrected chi connectivity index (χ2v) is 5.97. The Labute approximate surface area is 132 Å². The molecule has 2 rings (SSSR count). The number of nitrogens with one attached hydrogen (secondary N) is 2. The van der Waals surface area contributed by atoms with Gasteiger partial charge in [-0.15, -0.1) is 0 Å². The van der Waals surface area contributed by atoms with Gasteiger partial charge in [0.2, 0.25) is 5.91 Å². The molecule has 0 unspecified atom stereocenters. The summed E-state index contributed by atoms with van der Waals surface area (Å²) in [6.07, 6.45) is 5.57. The molecule has 1 aromatic rings. The first kappa shape index (κ1) is 16.3. The third kappa shape index (κ3) is 5.76. The monoisotopic (exact) mass is 302 g/mol. The van der Waals surface area contributed by atoms with Crippen LogP contribution in [0.15, 0.2) is 29.3 Å². The van der Waals surface area contributed by atoms with Crippen LogP contribution < -0.4 is 16.4 Å². The number of nitrogens with two attached hydrogens (primary N) is 1. The number of carbonyl (C=O) groups is 1. The summed E-state index contributed by atoms with van der Waals surface area (Å²) in [7, 11) is 0. The van der Waals surface area contributed by atoms with Gasteiger partial charge in [-0.05, 0) is 43.4 Å². The summed E-state index contributed by atoms with van der Waals surface area (Å²) >= 11 is 0. The number of hydrogen-bond donors (Lipinski definition) is 3. The Morgan fingerprint density at radius 3 is 2.86 bits per heavy atom. The van der Waals surface area contributed by atoms with Gasteiger partial charge in [0.15, 0.2) is 5.96 Å². The lowest BCUT2D eigenvalue weighted by atomic mass is 10.0. The molecule has 0 bridgehead atoms. The van der Waals surface area contributed by atoms with Gasteiger partial charge in [-0.25, -0.2) is 0 Å². The van der Waals surface area contributed by atoms with Crippen molar-refractivity contribution in [3.8, 4) is 0 Å². The molecule has 1 amide bonds. The fourth-order valence-corrected chi connectivity index (χ4v) is 2.83. The highest BCUT2D eigenvalue weighted by Gasteiger charge is 2.17. The first-order valence-corrected chi connectivity index (χ1v) is 8.04. The molecule has 1 aliphatic carbocycles. The van der Waals surface area contributed by atoms with Crippen molar-refractivity contribution in [2.45, 2.75) is 39.0 Å². The van der Waals surface area contributed by atoms with Crippen molar-refractivity contribution in [3.63, 3.8) is 0 Å². The number of guanidine groups is 1. The van der Waals surface area contributed by atoms with Crippen LogP contribution in [-0.2, 0) is 4.79 Å². The maximum atomic E-state index is 11.8. The molecule has 1 fully saturated rings. The third-order valence-electron chi connectivity index (χ3n) is 3.96. The Morgan fingerprint density at radius 1 is 1.36 bits per heavy atom. The summed E-state index contributed by atoms with van der Waals surface area (Å²) in [4.78, 5) is 16.0. The number of rotatable bonds is 6. The van der Waals surface area contributed by atoms with Gasteiger partial charge in [0.25, 0.3) is 0 Å². The van der Waals surface area contributed by atoms with E-state index in [-0.39, 0.29) is 5.91 Å². The largest absolute Gasteiger partial charge is 0.370 e. The first-order chi connectivity index (χ1) is 10.6. The average Bonchev–Trinajstić information content (AvgIpc) is 2.96. The smallest absolute Gasteiger partial charge is 0.220 e. The Bertz CT molecular complexity index is 521. The summed E-state index contributed by atoms with van der Waals surface area (Å²) in [6.45, 7) is 3.04. The van der Waals surface area contributed by atoms with E-state index in [9.17, 15) is 4.79 Å². The molecular formula is C17H26N4O. The lowest BCUT2D eigenvalue weighted by molar-refractivity contribution is -0.121. The van der Waals surface area contributed by atoms with Crippen molar-refractivity contribution in [3.05, 3.63) is 29.8 Å². The highest BCUT2D eigenvalue weighted by atomic mass is 16.1. The number of anilines is 1. The van der Waals surface area contributed by atoms with Crippen LogP contribution in [0.4, 0.5) is 5.69 Å². The number of carbonyl (C=O) groups excluding carboxylic acids is 1. The summed E-state index contributed by atoms with van der Waals surface area (Å²) in [5, 5.41) is 5.95. The average molecular weight is 302 g/mol. The first-order valence-electron chi connectivity index (χ1n) is 8.04. The van der Waals surface area contributed by atoms with Crippen LogP contribution in [0.1, 0.15) is 37.7 Å². The lowest BCUT2D eigenvalue weighted by Crippen LogP contribution is -2.29. The highest BCUT2D eigenvalue weighted by Crippen LogP contribution is 2.27. The Morgan fingerprint density at radius 2 is 2.14 bits per heavy atom. The highest BCUT2D eigenvalue weighted by molar-refractivity contribution is 5.92. The summed E-state index contributed by atoms with van der Waals surface area (Å²) in [6, 6.07) is 7.94. The molecule has 0 radical (unpaired) electrons. The molecule has 1 saturated carbocycles. The Hall–Kier alpha value is -2.04. The summed E-state index contributed by atoms with van der Waals surface area (Å²) in [5.41, 5.74) is 7.92. The van der Waals surface area contributed by atoms with Crippen molar-refractivity contribution in [1.82, 2.24) is 5.32 Å². The van der Waals surface area contributed by atoms with E-state index in [2.05, 4.69) is 15.6 Å². The predicted molar refractivity (Wildman–Crippen MR) is 90.9 cm³/mol. The number of benzene rings is 1. The quantitative estimate of drug-likeness (QED) is 0.429. The molecule has 5 nitrogen and oxygen atoms in total. The SMILES string of the molecule is Cc1cccc(NC(N)=NCCNC(=O)CC2CCCC2)c1. The zero-order valence-corrected chi connectivity index (χ0v) is 13.3. The van der Waals surface area contributed by atoms with Crippen molar-refractivity contribution in [2.24, 2.45) is 16.6 Å². The zero-order valence-electron chi connectivity index (χ0n) is 13.3. The van der Waals surface area contributed by atoms with E-state index in [1.807, 2.05) is 31.2 Å². The van der Waals surface area contributed by atoms with E-state index in [1.54, 1.807) is 0 Å². The molecule has 5 heteroatoms. The van der Waals surface area contributed by atoms with Crippen LogP contribution in [0.3, 0.4) is 0 Å². The number of aryl methyl sites for hydroxylation is 1.